The largest absolute Gasteiger partial charge is 0.493 e. The van der Waals surface area contributed by atoms with E-state index in [-0.39, 0.29) is 0 Å². The van der Waals surface area contributed by atoms with Crippen molar-refractivity contribution in [1.29, 1.82) is 0 Å². The third-order valence-electron chi connectivity index (χ3n) is 3.67. The minimum absolute atomic E-state index is 0.458. The van der Waals surface area contributed by atoms with Gasteiger partial charge in [0.1, 0.15) is 0 Å². The Morgan fingerprint density at radius 2 is 2.04 bits per heavy atom. The Balaban J connectivity index is 1.70. The lowest BCUT2D eigenvalue weighted by molar-refractivity contribution is 0.354. The molecular formula is C18H26N4O2S. The molecular weight excluding hydrogens is 336 g/mol. The van der Waals surface area contributed by atoms with E-state index in [1.807, 2.05) is 25.1 Å². The number of thiazole rings is 1. The maximum Gasteiger partial charge on any atom is 0.188 e. The first kappa shape index (κ1) is 19.1. The van der Waals surface area contributed by atoms with Gasteiger partial charge < -0.3 is 20.5 Å². The molecule has 6 nitrogen and oxygen atoms in total. The molecule has 3 N–H and O–H groups in total. The van der Waals surface area contributed by atoms with E-state index < -0.39 is 0 Å². The first-order valence-electron chi connectivity index (χ1n) is 8.28. The van der Waals surface area contributed by atoms with E-state index in [2.05, 4.69) is 20.7 Å². The van der Waals surface area contributed by atoms with Crippen LogP contribution >= 0.6 is 11.3 Å². The van der Waals surface area contributed by atoms with Crippen LogP contribution in [0.4, 0.5) is 0 Å². The lowest BCUT2D eigenvalue weighted by atomic mass is 10.2. The molecule has 0 aliphatic rings. The average molecular weight is 362 g/mol. The van der Waals surface area contributed by atoms with Gasteiger partial charge in [-0.05, 0) is 43.9 Å². The van der Waals surface area contributed by atoms with E-state index >= 15 is 0 Å². The summed E-state index contributed by atoms with van der Waals surface area (Å²) in [4.78, 5) is 8.82. The summed E-state index contributed by atoms with van der Waals surface area (Å²) in [5.74, 6) is 1.86. The van der Waals surface area contributed by atoms with Crippen molar-refractivity contribution in [2.75, 3.05) is 20.8 Å². The number of hydrogen-bond donors (Lipinski definition) is 2. The topological polar surface area (TPSA) is 81.8 Å². The number of aryl methyl sites for hydroxylation is 2. The van der Waals surface area contributed by atoms with Gasteiger partial charge in [0.2, 0.25) is 0 Å². The molecule has 0 aliphatic carbocycles. The number of rotatable bonds is 9. The van der Waals surface area contributed by atoms with E-state index in [4.69, 9.17) is 15.2 Å². The molecule has 0 amide bonds. The Morgan fingerprint density at radius 1 is 1.24 bits per heavy atom. The number of aromatic nitrogens is 1. The van der Waals surface area contributed by atoms with Gasteiger partial charge in [0, 0.05) is 17.6 Å². The third-order valence-corrected chi connectivity index (χ3v) is 4.70. The summed E-state index contributed by atoms with van der Waals surface area (Å²) in [5, 5.41) is 6.44. The lowest BCUT2D eigenvalue weighted by Crippen LogP contribution is -2.32. The Morgan fingerprint density at radius 3 is 2.72 bits per heavy atom. The second-order valence-electron chi connectivity index (χ2n) is 5.66. The summed E-state index contributed by atoms with van der Waals surface area (Å²) < 4.78 is 10.5. The zero-order valence-electron chi connectivity index (χ0n) is 15.0. The minimum Gasteiger partial charge on any atom is -0.493 e. The zero-order valence-corrected chi connectivity index (χ0v) is 15.9. The predicted molar refractivity (Wildman–Crippen MR) is 103 cm³/mol. The van der Waals surface area contributed by atoms with Crippen LogP contribution in [-0.4, -0.2) is 31.7 Å². The maximum atomic E-state index is 5.92. The van der Waals surface area contributed by atoms with E-state index in [1.165, 1.54) is 5.01 Å². The number of unbranched alkanes of at least 4 members (excludes halogenated alkanes) is 1. The highest BCUT2D eigenvalue weighted by molar-refractivity contribution is 7.09. The fourth-order valence-electron chi connectivity index (χ4n) is 2.35. The van der Waals surface area contributed by atoms with Gasteiger partial charge in [-0.2, -0.15) is 0 Å². The first-order chi connectivity index (χ1) is 12.1. The molecule has 2 aromatic rings. The number of nitrogens with one attached hydrogen (secondary N) is 1. The Bertz CT molecular complexity index is 700. The molecule has 0 saturated carbocycles. The van der Waals surface area contributed by atoms with Crippen molar-refractivity contribution in [1.82, 2.24) is 10.3 Å². The molecule has 0 unspecified atom stereocenters. The van der Waals surface area contributed by atoms with Gasteiger partial charge in [-0.15, -0.1) is 11.3 Å². The van der Waals surface area contributed by atoms with Crippen LogP contribution in [0.25, 0.3) is 0 Å². The summed E-state index contributed by atoms with van der Waals surface area (Å²) in [6, 6.07) is 5.73. The maximum absolute atomic E-state index is 5.92. The van der Waals surface area contributed by atoms with E-state index in [0.717, 1.165) is 37.1 Å². The van der Waals surface area contributed by atoms with Crippen LogP contribution in [0.15, 0.2) is 28.6 Å². The molecule has 0 saturated heterocycles. The fraction of sp³-hybridized carbons (Fsp3) is 0.444. The normalized spacial score (nSPS) is 11.4. The van der Waals surface area contributed by atoms with Gasteiger partial charge in [0.15, 0.2) is 17.5 Å². The predicted octanol–water partition coefficient (Wildman–Crippen LogP) is 2.90. The highest BCUT2D eigenvalue weighted by Crippen LogP contribution is 2.27. The van der Waals surface area contributed by atoms with Crippen LogP contribution < -0.4 is 20.5 Å². The molecule has 0 bridgehead atoms. The zero-order chi connectivity index (χ0) is 18.1. The smallest absolute Gasteiger partial charge is 0.188 e. The molecule has 136 valence electrons. The summed E-state index contributed by atoms with van der Waals surface area (Å²) in [6.07, 6.45) is 3.14. The Hall–Kier alpha value is -2.28. The second-order valence-corrected chi connectivity index (χ2v) is 6.60. The standard InChI is InChI=1S/C18H26N4O2S/c1-13-12-25-17(22-13)6-4-5-9-20-18(19)21-11-14-7-8-15(23-2)16(10-14)24-3/h7-8,10,12H,4-6,9,11H2,1-3H3,(H3,19,20,21). The van der Waals surface area contributed by atoms with Crippen LogP contribution in [0.1, 0.15) is 29.1 Å². The second kappa shape index (κ2) is 9.88. The summed E-state index contributed by atoms with van der Waals surface area (Å²) in [6.45, 7) is 3.33. The van der Waals surface area contributed by atoms with Crippen molar-refractivity contribution in [3.8, 4) is 11.5 Å². The van der Waals surface area contributed by atoms with Gasteiger partial charge in [-0.25, -0.2) is 9.98 Å². The molecule has 25 heavy (non-hydrogen) atoms. The van der Waals surface area contributed by atoms with Gasteiger partial charge >= 0.3 is 0 Å². The van der Waals surface area contributed by atoms with Gasteiger partial charge in [-0.3, -0.25) is 0 Å². The summed E-state index contributed by atoms with van der Waals surface area (Å²) >= 11 is 1.73. The number of nitrogens with two attached hydrogens (primary N) is 1. The molecule has 0 spiro atoms. The Kier molecular flexibility index (Phi) is 7.53. The van der Waals surface area contributed by atoms with Gasteiger partial charge in [0.05, 0.1) is 25.8 Å². The summed E-state index contributed by atoms with van der Waals surface area (Å²) in [5.41, 5.74) is 8.03. The number of methoxy groups -OCH3 is 2. The number of ether oxygens (including phenoxy) is 2. The van der Waals surface area contributed by atoms with Crippen molar-refractivity contribution in [2.45, 2.75) is 32.7 Å². The minimum atomic E-state index is 0.458. The van der Waals surface area contributed by atoms with Crippen LogP contribution in [-0.2, 0) is 13.0 Å². The van der Waals surface area contributed by atoms with E-state index in [1.54, 1.807) is 25.6 Å². The highest BCUT2D eigenvalue weighted by atomic mass is 32.1. The fourth-order valence-corrected chi connectivity index (χ4v) is 3.16. The van der Waals surface area contributed by atoms with Crippen molar-refractivity contribution in [3.05, 3.63) is 39.8 Å². The third kappa shape index (κ3) is 6.26. The molecule has 0 aliphatic heterocycles. The number of guanidine groups is 1. The van der Waals surface area contributed by atoms with Crippen molar-refractivity contribution in [3.63, 3.8) is 0 Å². The average Bonchev–Trinajstić information content (AvgIpc) is 3.04. The van der Waals surface area contributed by atoms with Gasteiger partial charge in [0.25, 0.3) is 0 Å². The molecule has 0 atom stereocenters. The van der Waals surface area contributed by atoms with Crippen molar-refractivity contribution in [2.24, 2.45) is 10.7 Å². The Labute approximate surface area is 153 Å². The van der Waals surface area contributed by atoms with Crippen LogP contribution in [0, 0.1) is 6.92 Å². The molecule has 0 fully saturated rings. The molecule has 0 radical (unpaired) electrons. The SMILES string of the molecule is COc1ccc(CN=C(N)NCCCCc2nc(C)cs2)cc1OC. The van der Waals surface area contributed by atoms with E-state index in [0.29, 0.717) is 24.0 Å². The monoisotopic (exact) mass is 362 g/mol. The molecule has 7 heteroatoms. The number of nitrogens with zero attached hydrogens (tertiary/aromatic N) is 2. The first-order valence-corrected chi connectivity index (χ1v) is 9.16. The van der Waals surface area contributed by atoms with Crippen molar-refractivity contribution >= 4 is 17.3 Å². The molecule has 1 aromatic heterocycles. The lowest BCUT2D eigenvalue weighted by Gasteiger charge is -2.09. The number of hydrogen-bond acceptors (Lipinski definition) is 5. The molecule has 1 aromatic carbocycles. The van der Waals surface area contributed by atoms with Crippen LogP contribution in [0.5, 0.6) is 11.5 Å². The molecule has 1 heterocycles. The number of aliphatic imine (C=N–C) groups is 1. The van der Waals surface area contributed by atoms with Crippen molar-refractivity contribution < 1.29 is 9.47 Å². The van der Waals surface area contributed by atoms with Gasteiger partial charge in [-0.1, -0.05) is 6.07 Å². The van der Waals surface area contributed by atoms with E-state index in [9.17, 15) is 0 Å². The quantitative estimate of drug-likeness (QED) is 0.407. The highest BCUT2D eigenvalue weighted by Gasteiger charge is 2.04. The summed E-state index contributed by atoms with van der Waals surface area (Å²) in [7, 11) is 3.24. The van der Waals surface area contributed by atoms with Crippen LogP contribution in [0.3, 0.4) is 0 Å². The van der Waals surface area contributed by atoms with Crippen LogP contribution in [0.2, 0.25) is 0 Å². The molecule has 2 rings (SSSR count). The number of benzene rings is 1.